The van der Waals surface area contributed by atoms with Gasteiger partial charge in [0.15, 0.2) is 0 Å². The maximum atomic E-state index is 14.9. The first kappa shape index (κ1) is 79.5. The van der Waals surface area contributed by atoms with E-state index in [1.54, 1.807) is 62.4 Å². The molecule has 12 nitrogen and oxygen atoms in total. The van der Waals surface area contributed by atoms with Gasteiger partial charge in [-0.25, -0.2) is 19.2 Å². The van der Waals surface area contributed by atoms with Crippen molar-refractivity contribution in [3.63, 3.8) is 0 Å². The van der Waals surface area contributed by atoms with E-state index < -0.39 is 48.3 Å². The lowest BCUT2D eigenvalue weighted by Crippen LogP contribution is -2.22. The summed E-state index contributed by atoms with van der Waals surface area (Å²) in [5.41, 5.74) is 3.01. The van der Waals surface area contributed by atoms with Gasteiger partial charge in [0.1, 0.15) is 23.0 Å². The molecule has 6 rings (SSSR count). The molecule has 0 saturated heterocycles. The Hall–Kier alpha value is -9.20. The van der Waals surface area contributed by atoms with Crippen LogP contribution >= 0.6 is 0 Å². The van der Waals surface area contributed by atoms with Gasteiger partial charge in [-0.3, -0.25) is 0 Å². The van der Waals surface area contributed by atoms with Gasteiger partial charge in [0, 0.05) is 23.3 Å². The first-order valence-corrected chi connectivity index (χ1v) is 32.9. The summed E-state index contributed by atoms with van der Waals surface area (Å²) in [5.74, 6) is -2.50. The number of halogens is 8. The van der Waals surface area contributed by atoms with E-state index in [-0.39, 0.29) is 45.3 Å². The molecule has 0 N–H and O–H groups in total. The molecule has 0 saturated carbocycles. The Labute approximate surface area is 569 Å². The zero-order valence-electron chi connectivity index (χ0n) is 55.7. The largest absolute Gasteiger partial charge is 0.463 e. The van der Waals surface area contributed by atoms with Crippen LogP contribution in [0.3, 0.4) is 0 Å². The molecule has 0 heterocycles. The number of aryl methyl sites for hydroxylation is 4. The highest BCUT2D eigenvalue weighted by Crippen LogP contribution is 2.38. The highest BCUT2D eigenvalue weighted by molar-refractivity contribution is 5.87. The lowest BCUT2D eigenvalue weighted by molar-refractivity contribution is -0.188. The van der Waals surface area contributed by atoms with Crippen molar-refractivity contribution in [2.24, 2.45) is 0 Å². The summed E-state index contributed by atoms with van der Waals surface area (Å²) in [7, 11) is 0. The number of carbonyl (C=O) groups is 4. The molecule has 0 aliphatic rings. The molecule has 6 aromatic rings. The first-order chi connectivity index (χ1) is 46.8. The molecule has 0 aliphatic carbocycles. The fourth-order valence-electron chi connectivity index (χ4n) is 9.62. The summed E-state index contributed by atoms with van der Waals surface area (Å²) < 4.78 is 159. The second kappa shape index (κ2) is 41.1. The number of hydrogen-bond donors (Lipinski definition) is 0. The molecule has 0 aromatic heterocycles. The molecule has 0 spiro atoms. The maximum Gasteiger partial charge on any atom is 0.426 e. The van der Waals surface area contributed by atoms with Gasteiger partial charge in [0.2, 0.25) is 0 Å². The van der Waals surface area contributed by atoms with Crippen molar-refractivity contribution in [3.05, 3.63) is 240 Å². The van der Waals surface area contributed by atoms with Crippen LogP contribution < -0.4 is 18.9 Å². The monoisotopic (exact) mass is 1370 g/mol. The fraction of sp³-hybridized carbons (Fsp3) is 0.385. The SMILES string of the molecule is C=C(C)C(=O)OCCCCCCc1ccc(C(F)(F)Oc2ccc(OC(F)(F)c3ccc(CCCCCCOC(=O)C(=C)C)cc3)cc2)cc1.C=CC(=O)OCCCCCCc1ccc(C(F)(F)Oc2ccc(OC(F)(F)c3ccc(CCCCCCOC(=O)C=C)cc3)cc2)cc1. The summed E-state index contributed by atoms with van der Waals surface area (Å²) >= 11 is 0. The summed E-state index contributed by atoms with van der Waals surface area (Å²) in [4.78, 5) is 44.8. The van der Waals surface area contributed by atoms with Crippen molar-refractivity contribution in [1.29, 1.82) is 0 Å². The average Bonchev–Trinajstić information content (AvgIpc) is 0.842. The van der Waals surface area contributed by atoms with Crippen LogP contribution in [0.15, 0.2) is 195 Å². The maximum absolute atomic E-state index is 14.9. The normalized spacial score (nSPS) is 11.4. The topological polar surface area (TPSA) is 142 Å². The Morgan fingerprint density at radius 2 is 0.500 bits per heavy atom. The smallest absolute Gasteiger partial charge is 0.426 e. The molecule has 6 aromatic carbocycles. The molecular formula is C78H88F8O12. The van der Waals surface area contributed by atoms with Gasteiger partial charge in [-0.15, -0.1) is 0 Å². The van der Waals surface area contributed by atoms with E-state index in [1.165, 1.54) is 48.5 Å². The number of ether oxygens (including phenoxy) is 8. The van der Waals surface area contributed by atoms with Crippen molar-refractivity contribution in [3.8, 4) is 23.0 Å². The Morgan fingerprint density at radius 3 is 0.694 bits per heavy atom. The second-order valence-corrected chi connectivity index (χ2v) is 23.4. The van der Waals surface area contributed by atoms with E-state index in [4.69, 9.17) is 37.9 Å². The van der Waals surface area contributed by atoms with Crippen LogP contribution in [-0.4, -0.2) is 50.3 Å². The molecule has 98 heavy (non-hydrogen) atoms. The summed E-state index contributed by atoms with van der Waals surface area (Å²) in [6.45, 7) is 18.3. The van der Waals surface area contributed by atoms with Crippen LogP contribution in [0.25, 0.3) is 0 Å². The number of hydrogen-bond acceptors (Lipinski definition) is 12. The third-order valence-corrected chi connectivity index (χ3v) is 15.2. The number of unbranched alkanes of at least 4 members (excludes halogenated alkanes) is 12. The van der Waals surface area contributed by atoms with Crippen LogP contribution in [0.1, 0.15) is 161 Å². The first-order valence-electron chi connectivity index (χ1n) is 32.9. The lowest BCUT2D eigenvalue weighted by atomic mass is 10.0. The van der Waals surface area contributed by atoms with Crippen molar-refractivity contribution in [1.82, 2.24) is 0 Å². The molecule has 0 atom stereocenters. The van der Waals surface area contributed by atoms with Gasteiger partial charge < -0.3 is 37.9 Å². The van der Waals surface area contributed by atoms with Crippen LogP contribution in [0.2, 0.25) is 0 Å². The third-order valence-electron chi connectivity index (χ3n) is 15.2. The van der Waals surface area contributed by atoms with Gasteiger partial charge >= 0.3 is 48.3 Å². The summed E-state index contributed by atoms with van der Waals surface area (Å²) in [6.07, 6.45) is 4.11. The van der Waals surface area contributed by atoms with E-state index in [0.29, 0.717) is 63.3 Å². The molecule has 20 heteroatoms. The second-order valence-electron chi connectivity index (χ2n) is 23.4. The highest BCUT2D eigenvalue weighted by Gasteiger charge is 2.38. The number of alkyl halides is 8. The number of benzene rings is 6. The van der Waals surface area contributed by atoms with Gasteiger partial charge in [-0.05, 0) is 210 Å². The summed E-state index contributed by atoms with van der Waals surface area (Å²) in [6, 6.07) is 32.7. The Bertz CT molecular complexity index is 3200. The zero-order valence-corrected chi connectivity index (χ0v) is 55.7. The van der Waals surface area contributed by atoms with Crippen LogP contribution in [-0.2, 0) is 88.2 Å². The molecule has 0 fully saturated rings. The van der Waals surface area contributed by atoms with E-state index in [1.807, 2.05) is 0 Å². The average molecular weight is 1370 g/mol. The predicted octanol–water partition coefficient (Wildman–Crippen LogP) is 20.0. The highest BCUT2D eigenvalue weighted by atomic mass is 19.3. The molecule has 0 bridgehead atoms. The van der Waals surface area contributed by atoms with Crippen molar-refractivity contribution in [2.45, 2.75) is 167 Å². The molecule has 0 amide bonds. The van der Waals surface area contributed by atoms with E-state index >= 15 is 0 Å². The van der Waals surface area contributed by atoms with Crippen LogP contribution in [0.5, 0.6) is 23.0 Å². The minimum Gasteiger partial charge on any atom is -0.463 e. The quantitative estimate of drug-likeness (QED) is 0.0118. The fourth-order valence-corrected chi connectivity index (χ4v) is 9.62. The van der Waals surface area contributed by atoms with E-state index in [9.17, 15) is 54.3 Å². The standard InChI is InChI=1S/C40H46F4O6.C38H42F4O6/c1-29(2)37(45)47-27-11-7-5-9-13-31-15-19-33(20-16-31)39(41,42)49-35-23-25-36(26-24-35)50-40(43,44)34-21-17-32(18-22-34)14-10-6-8-12-28-48-38(46)30(3)4;1-3-35(43)45-27-11-7-5-9-13-29-15-19-31(20-16-29)37(39,40)47-33-23-25-34(26-24-33)48-38(41,42)32-21-17-30(18-22-32)14-10-6-8-12-28-46-36(44)4-2/h15-26H,1,3,5-14,27-28H2,2,4H3;3-4,15-26H,1-2,5-14,27-28H2. The minimum absolute atomic E-state index is 0.207. The molecule has 0 unspecified atom stereocenters. The lowest BCUT2D eigenvalue weighted by Gasteiger charge is -2.20. The van der Waals surface area contributed by atoms with Gasteiger partial charge in [0.05, 0.1) is 48.7 Å². The summed E-state index contributed by atoms with van der Waals surface area (Å²) in [5, 5.41) is 0. The predicted molar refractivity (Wildman–Crippen MR) is 359 cm³/mol. The van der Waals surface area contributed by atoms with Crippen molar-refractivity contribution >= 4 is 23.9 Å². The Kier molecular flexibility index (Phi) is 33.4. The molecular weight excluding hydrogens is 1280 g/mol. The Balaban J connectivity index is 0.000000354. The van der Waals surface area contributed by atoms with Crippen molar-refractivity contribution in [2.75, 3.05) is 26.4 Å². The molecule has 0 radical (unpaired) electrons. The minimum atomic E-state index is -3.65. The number of esters is 4. The third kappa shape index (κ3) is 29.7. The molecule has 528 valence electrons. The Morgan fingerprint density at radius 1 is 0.306 bits per heavy atom. The van der Waals surface area contributed by atoms with E-state index in [0.717, 1.165) is 186 Å². The van der Waals surface area contributed by atoms with Crippen molar-refractivity contribution < 1.29 is 92.2 Å². The van der Waals surface area contributed by atoms with Crippen LogP contribution in [0.4, 0.5) is 35.1 Å². The van der Waals surface area contributed by atoms with Crippen LogP contribution in [0, 0.1) is 0 Å². The van der Waals surface area contributed by atoms with Gasteiger partial charge in [-0.2, -0.15) is 35.1 Å². The van der Waals surface area contributed by atoms with Gasteiger partial charge in [-0.1, -0.05) is 126 Å². The van der Waals surface area contributed by atoms with Gasteiger partial charge in [0.25, 0.3) is 0 Å². The zero-order chi connectivity index (χ0) is 71.4. The number of rotatable bonds is 44. The number of carbonyl (C=O) groups excluding carboxylic acids is 4. The molecule has 0 aliphatic heterocycles. The van der Waals surface area contributed by atoms with E-state index in [2.05, 4.69) is 26.3 Å².